The van der Waals surface area contributed by atoms with E-state index >= 15 is 0 Å². The molecule has 172 valence electrons. The molecule has 2 aromatic heterocycles. The third kappa shape index (κ3) is 4.18. The number of amides is 1. The number of hydrogen-bond acceptors (Lipinski definition) is 7. The van der Waals surface area contributed by atoms with Gasteiger partial charge in [-0.05, 0) is 66.1 Å². The first kappa shape index (κ1) is 22.5. The number of aromatic nitrogens is 3. The predicted molar refractivity (Wildman–Crippen MR) is 140 cm³/mol. The molecule has 5 aromatic rings. The summed E-state index contributed by atoms with van der Waals surface area (Å²) in [5.41, 5.74) is 3.74. The minimum Gasteiger partial charge on any atom is -0.278 e. The number of benzene rings is 3. The van der Waals surface area contributed by atoms with Crippen LogP contribution in [-0.2, 0) is 4.79 Å². The van der Waals surface area contributed by atoms with E-state index in [9.17, 15) is 9.18 Å². The number of carbonyl (C=O) groups is 1. The van der Waals surface area contributed by atoms with Gasteiger partial charge in [-0.2, -0.15) is 4.37 Å². The zero-order valence-corrected chi connectivity index (χ0v) is 21.0. The summed E-state index contributed by atoms with van der Waals surface area (Å²) in [4.78, 5) is 26.1. The second-order valence-corrected chi connectivity index (χ2v) is 10.9. The molecule has 0 spiro atoms. The SMILES string of the molecule is O=C(CSc1ncnc2c(-c3ccc(F)cc3)nsc12)N1c2ccccc2Sc2ccc(Cl)cc21. The lowest BCUT2D eigenvalue weighted by molar-refractivity contribution is -0.115. The summed E-state index contributed by atoms with van der Waals surface area (Å²) >= 11 is 10.5. The maximum atomic E-state index is 13.6. The van der Waals surface area contributed by atoms with Gasteiger partial charge in [0.2, 0.25) is 5.91 Å². The van der Waals surface area contributed by atoms with Crippen LogP contribution in [0.4, 0.5) is 15.8 Å². The predicted octanol–water partition coefficient (Wildman–Crippen LogP) is 7.47. The number of fused-ring (bicyclic) bond motifs is 3. The van der Waals surface area contributed by atoms with Crippen LogP contribution in [0.15, 0.2) is 87.9 Å². The van der Waals surface area contributed by atoms with E-state index in [1.54, 1.807) is 28.8 Å². The lowest BCUT2D eigenvalue weighted by Gasteiger charge is -2.31. The van der Waals surface area contributed by atoms with E-state index < -0.39 is 0 Å². The molecule has 6 rings (SSSR count). The number of carbonyl (C=O) groups excluding carboxylic acids is 1. The molecule has 35 heavy (non-hydrogen) atoms. The molecule has 0 radical (unpaired) electrons. The third-order valence-electron chi connectivity index (χ3n) is 5.41. The Balaban J connectivity index is 1.31. The second kappa shape index (κ2) is 9.23. The van der Waals surface area contributed by atoms with Crippen LogP contribution in [0.2, 0.25) is 5.02 Å². The lowest BCUT2D eigenvalue weighted by atomic mass is 10.1. The molecule has 1 aliphatic rings. The van der Waals surface area contributed by atoms with Gasteiger partial charge in [0.05, 0.1) is 17.1 Å². The number of thioether (sulfide) groups is 1. The first-order valence-corrected chi connectivity index (χ1v) is 13.4. The summed E-state index contributed by atoms with van der Waals surface area (Å²) in [6, 6.07) is 19.6. The number of rotatable bonds is 4. The maximum Gasteiger partial charge on any atom is 0.242 e. The van der Waals surface area contributed by atoms with E-state index in [4.69, 9.17) is 11.6 Å². The fourth-order valence-corrected chi connectivity index (χ4v) is 6.81. The van der Waals surface area contributed by atoms with Gasteiger partial charge in [0.25, 0.3) is 0 Å². The van der Waals surface area contributed by atoms with Crippen molar-refractivity contribution in [1.82, 2.24) is 14.3 Å². The van der Waals surface area contributed by atoms with Crippen molar-refractivity contribution < 1.29 is 9.18 Å². The number of anilines is 2. The van der Waals surface area contributed by atoms with Crippen LogP contribution in [0.5, 0.6) is 0 Å². The quantitative estimate of drug-likeness (QED) is 0.175. The van der Waals surface area contributed by atoms with Crippen LogP contribution in [-0.4, -0.2) is 26.0 Å². The monoisotopic (exact) mass is 536 g/mol. The molecule has 10 heteroatoms. The normalized spacial score (nSPS) is 12.5. The van der Waals surface area contributed by atoms with Gasteiger partial charge in [0.1, 0.15) is 33.1 Å². The number of nitrogens with zero attached hydrogens (tertiary/aromatic N) is 4. The Bertz CT molecular complexity index is 1590. The molecule has 0 unspecified atom stereocenters. The first-order valence-electron chi connectivity index (χ1n) is 10.5. The van der Waals surface area contributed by atoms with Crippen LogP contribution in [0.3, 0.4) is 0 Å². The Hall–Kier alpha value is -2.98. The highest BCUT2D eigenvalue weighted by Crippen LogP contribution is 2.49. The third-order valence-corrected chi connectivity index (χ3v) is 8.72. The molecule has 0 saturated carbocycles. The van der Waals surface area contributed by atoms with Crippen LogP contribution in [0.25, 0.3) is 21.5 Å². The summed E-state index contributed by atoms with van der Waals surface area (Å²) in [6.07, 6.45) is 1.47. The topological polar surface area (TPSA) is 59.0 Å². The zero-order chi connectivity index (χ0) is 23.9. The molecule has 1 aliphatic heterocycles. The molecule has 3 aromatic carbocycles. The molecule has 0 bridgehead atoms. The van der Waals surface area contributed by atoms with Crippen molar-refractivity contribution in [1.29, 1.82) is 0 Å². The van der Waals surface area contributed by atoms with Crippen molar-refractivity contribution in [2.24, 2.45) is 0 Å². The molecule has 5 nitrogen and oxygen atoms in total. The first-order chi connectivity index (χ1) is 17.1. The standard InChI is InChI=1S/C25H14ClFN4OS3/c26-15-7-10-20-18(11-15)31(17-3-1-2-4-19(17)34-20)21(32)12-33-25-24-23(28-13-29-25)22(30-35-24)14-5-8-16(27)9-6-14/h1-11,13H,12H2. The molecule has 0 fully saturated rings. The number of halogens is 2. The fraction of sp³-hybridized carbons (Fsp3) is 0.0400. The second-order valence-electron chi connectivity index (χ2n) is 7.59. The van der Waals surface area contributed by atoms with Crippen molar-refractivity contribution >= 4 is 74.2 Å². The van der Waals surface area contributed by atoms with Crippen LogP contribution < -0.4 is 4.90 Å². The van der Waals surface area contributed by atoms with Crippen molar-refractivity contribution in [3.8, 4) is 11.3 Å². The smallest absolute Gasteiger partial charge is 0.242 e. The summed E-state index contributed by atoms with van der Waals surface area (Å²) < 4.78 is 18.7. The molecular formula is C25H14ClFN4OS3. The van der Waals surface area contributed by atoms with Crippen molar-refractivity contribution in [2.45, 2.75) is 14.8 Å². The van der Waals surface area contributed by atoms with Gasteiger partial charge in [0, 0.05) is 20.4 Å². The number of hydrogen-bond donors (Lipinski definition) is 0. The summed E-state index contributed by atoms with van der Waals surface area (Å²) in [5, 5.41) is 1.25. The van der Waals surface area contributed by atoms with Crippen LogP contribution in [0.1, 0.15) is 0 Å². The molecule has 0 aliphatic carbocycles. The van der Waals surface area contributed by atoms with Gasteiger partial charge >= 0.3 is 0 Å². The zero-order valence-electron chi connectivity index (χ0n) is 17.8. The Morgan fingerprint density at radius 2 is 1.80 bits per heavy atom. The Morgan fingerprint density at radius 1 is 1.00 bits per heavy atom. The lowest BCUT2D eigenvalue weighted by Crippen LogP contribution is -2.30. The highest BCUT2D eigenvalue weighted by molar-refractivity contribution is 8.00. The average molecular weight is 537 g/mol. The van der Waals surface area contributed by atoms with Gasteiger partial charge < -0.3 is 0 Å². The van der Waals surface area contributed by atoms with Gasteiger partial charge in [-0.1, -0.05) is 47.3 Å². The van der Waals surface area contributed by atoms with Gasteiger partial charge in [-0.15, -0.1) is 0 Å². The average Bonchev–Trinajstić information content (AvgIpc) is 3.31. The molecule has 0 atom stereocenters. The van der Waals surface area contributed by atoms with E-state index in [0.717, 1.165) is 31.4 Å². The fourth-order valence-electron chi connectivity index (χ4n) is 3.83. The van der Waals surface area contributed by atoms with Crippen molar-refractivity contribution in [3.05, 3.63) is 83.9 Å². The van der Waals surface area contributed by atoms with Crippen LogP contribution in [0, 0.1) is 5.82 Å². The molecular weight excluding hydrogens is 523 g/mol. The molecule has 0 N–H and O–H groups in total. The Labute approximate surface area is 217 Å². The van der Waals surface area contributed by atoms with E-state index in [2.05, 4.69) is 14.3 Å². The van der Waals surface area contributed by atoms with Crippen LogP contribution >= 0.6 is 46.7 Å². The van der Waals surface area contributed by atoms with Gasteiger partial charge in [0.15, 0.2) is 0 Å². The highest BCUT2D eigenvalue weighted by Gasteiger charge is 2.28. The summed E-state index contributed by atoms with van der Waals surface area (Å²) in [6.45, 7) is 0. The Kier molecular flexibility index (Phi) is 5.93. The molecule has 0 saturated heterocycles. The molecule has 3 heterocycles. The van der Waals surface area contributed by atoms with E-state index in [1.807, 2.05) is 42.5 Å². The Morgan fingerprint density at radius 3 is 2.66 bits per heavy atom. The van der Waals surface area contributed by atoms with Crippen molar-refractivity contribution in [2.75, 3.05) is 10.7 Å². The van der Waals surface area contributed by atoms with E-state index in [0.29, 0.717) is 21.3 Å². The van der Waals surface area contributed by atoms with E-state index in [-0.39, 0.29) is 17.5 Å². The van der Waals surface area contributed by atoms with Gasteiger partial charge in [-0.3, -0.25) is 9.69 Å². The summed E-state index contributed by atoms with van der Waals surface area (Å²) in [5.74, 6) is -0.222. The summed E-state index contributed by atoms with van der Waals surface area (Å²) in [7, 11) is 0. The largest absolute Gasteiger partial charge is 0.278 e. The highest BCUT2D eigenvalue weighted by atomic mass is 35.5. The minimum absolute atomic E-state index is 0.0821. The van der Waals surface area contributed by atoms with Crippen molar-refractivity contribution in [3.63, 3.8) is 0 Å². The maximum absolute atomic E-state index is 13.6. The molecule has 1 amide bonds. The van der Waals surface area contributed by atoms with Gasteiger partial charge in [-0.25, -0.2) is 14.4 Å². The van der Waals surface area contributed by atoms with E-state index in [1.165, 1.54) is 41.8 Å². The minimum atomic E-state index is -0.307. The number of para-hydroxylation sites is 1.